The van der Waals surface area contributed by atoms with Gasteiger partial charge in [0.15, 0.2) is 22.9 Å². The van der Waals surface area contributed by atoms with Crippen LogP contribution in [0.25, 0.3) is 11.0 Å². The third kappa shape index (κ3) is 2.59. The fourth-order valence-corrected chi connectivity index (χ4v) is 1.98. The second-order valence-corrected chi connectivity index (χ2v) is 4.44. The maximum Gasteiger partial charge on any atom is 0.199 e. The molecule has 0 saturated heterocycles. The summed E-state index contributed by atoms with van der Waals surface area (Å²) in [5.41, 5.74) is 5.94. The summed E-state index contributed by atoms with van der Waals surface area (Å²) in [5, 5.41) is 0.599. The van der Waals surface area contributed by atoms with Crippen molar-refractivity contribution >= 4 is 16.8 Å². The summed E-state index contributed by atoms with van der Waals surface area (Å²) in [5.74, 6) is -0.447. The molecule has 2 aromatic rings. The number of fused-ring (bicyclic) bond motifs is 1. The summed E-state index contributed by atoms with van der Waals surface area (Å²) in [6, 6.07) is 6.01. The van der Waals surface area contributed by atoms with E-state index in [1.165, 1.54) is 6.07 Å². The van der Waals surface area contributed by atoms with Gasteiger partial charge >= 0.3 is 0 Å². The van der Waals surface area contributed by atoms with Crippen LogP contribution in [0, 0.1) is 5.82 Å². The lowest BCUT2D eigenvalue weighted by Crippen LogP contribution is -2.23. The molecule has 0 aliphatic heterocycles. The Labute approximate surface area is 105 Å². The molecule has 96 valence electrons. The van der Waals surface area contributed by atoms with E-state index >= 15 is 0 Å². The van der Waals surface area contributed by atoms with Crippen LogP contribution in [0.2, 0.25) is 0 Å². The number of hydrogen-bond acceptors (Lipinski definition) is 3. The van der Waals surface area contributed by atoms with Crippen molar-refractivity contribution in [3.63, 3.8) is 0 Å². The summed E-state index contributed by atoms with van der Waals surface area (Å²) in [6.07, 6.45) is 1.96. The largest absolute Gasteiger partial charge is 0.450 e. The normalized spacial score (nSPS) is 12.8. The molecular formula is C14H16FNO2. The molecule has 0 bridgehead atoms. The van der Waals surface area contributed by atoms with E-state index < -0.39 is 5.82 Å². The summed E-state index contributed by atoms with van der Waals surface area (Å²) in [6.45, 7) is 2.01. The Morgan fingerprint density at radius 1 is 1.50 bits per heavy atom. The van der Waals surface area contributed by atoms with Gasteiger partial charge in [-0.15, -0.1) is 0 Å². The van der Waals surface area contributed by atoms with E-state index in [2.05, 4.69) is 0 Å². The SMILES string of the molecule is CCCC(N)CC(=O)c1cc2cccc(F)c2o1. The molecule has 1 unspecified atom stereocenters. The zero-order chi connectivity index (χ0) is 13.1. The van der Waals surface area contributed by atoms with E-state index in [4.69, 9.17) is 10.2 Å². The van der Waals surface area contributed by atoms with Gasteiger partial charge in [0.25, 0.3) is 0 Å². The number of benzene rings is 1. The van der Waals surface area contributed by atoms with E-state index in [0.717, 1.165) is 12.8 Å². The van der Waals surface area contributed by atoms with Crippen molar-refractivity contribution in [1.82, 2.24) is 0 Å². The predicted octanol–water partition coefficient (Wildman–Crippen LogP) is 3.27. The van der Waals surface area contributed by atoms with E-state index in [1.807, 2.05) is 6.92 Å². The first-order chi connectivity index (χ1) is 8.61. The van der Waals surface area contributed by atoms with Crippen molar-refractivity contribution in [3.05, 3.63) is 35.8 Å². The molecule has 3 nitrogen and oxygen atoms in total. The Morgan fingerprint density at radius 3 is 2.94 bits per heavy atom. The van der Waals surface area contributed by atoms with Gasteiger partial charge in [0.05, 0.1) is 0 Å². The minimum Gasteiger partial charge on any atom is -0.450 e. The van der Waals surface area contributed by atoms with E-state index in [0.29, 0.717) is 5.39 Å². The quantitative estimate of drug-likeness (QED) is 0.827. The summed E-state index contributed by atoms with van der Waals surface area (Å²) in [4.78, 5) is 11.9. The van der Waals surface area contributed by atoms with Crippen LogP contribution >= 0.6 is 0 Å². The maximum absolute atomic E-state index is 13.4. The topological polar surface area (TPSA) is 56.2 Å². The zero-order valence-corrected chi connectivity index (χ0v) is 10.3. The number of ketones is 1. The van der Waals surface area contributed by atoms with E-state index in [9.17, 15) is 9.18 Å². The van der Waals surface area contributed by atoms with Crippen LogP contribution in [0.15, 0.2) is 28.7 Å². The van der Waals surface area contributed by atoms with Crippen molar-refractivity contribution in [2.75, 3.05) is 0 Å². The molecule has 0 aliphatic rings. The zero-order valence-electron chi connectivity index (χ0n) is 10.3. The van der Waals surface area contributed by atoms with Gasteiger partial charge in [0, 0.05) is 17.8 Å². The number of Topliss-reactive ketones (excluding diaryl/α,β-unsaturated/α-hetero) is 1. The first-order valence-electron chi connectivity index (χ1n) is 6.08. The van der Waals surface area contributed by atoms with Gasteiger partial charge in [-0.3, -0.25) is 4.79 Å². The molecule has 1 heterocycles. The summed E-state index contributed by atoms with van der Waals surface area (Å²) >= 11 is 0. The lowest BCUT2D eigenvalue weighted by atomic mass is 10.1. The first-order valence-corrected chi connectivity index (χ1v) is 6.08. The van der Waals surface area contributed by atoms with Crippen molar-refractivity contribution < 1.29 is 13.6 Å². The van der Waals surface area contributed by atoms with Crippen molar-refractivity contribution in [2.24, 2.45) is 5.73 Å². The molecule has 2 N–H and O–H groups in total. The molecule has 1 atom stereocenters. The van der Waals surface area contributed by atoms with Crippen LogP contribution in [-0.4, -0.2) is 11.8 Å². The van der Waals surface area contributed by atoms with Gasteiger partial charge in [-0.1, -0.05) is 25.5 Å². The lowest BCUT2D eigenvalue weighted by molar-refractivity contribution is 0.0948. The number of nitrogens with two attached hydrogens (primary N) is 1. The summed E-state index contributed by atoms with van der Waals surface area (Å²) < 4.78 is 18.7. The van der Waals surface area contributed by atoms with Gasteiger partial charge in [0.2, 0.25) is 0 Å². The Balaban J connectivity index is 2.21. The van der Waals surface area contributed by atoms with Crippen molar-refractivity contribution in [3.8, 4) is 0 Å². The maximum atomic E-state index is 13.4. The standard InChI is InChI=1S/C14H16FNO2/c1-2-4-10(16)8-12(17)13-7-9-5-3-6-11(15)14(9)18-13/h3,5-7,10H,2,4,8,16H2,1H3. The molecule has 0 fully saturated rings. The number of carbonyl (C=O) groups is 1. The van der Waals surface area contributed by atoms with Crippen LogP contribution in [0.3, 0.4) is 0 Å². The Kier molecular flexibility index (Phi) is 3.77. The molecule has 2 rings (SSSR count). The molecule has 4 heteroatoms. The Bertz CT molecular complexity index is 562. The monoisotopic (exact) mass is 249 g/mol. The minimum absolute atomic E-state index is 0.130. The van der Waals surface area contributed by atoms with Crippen molar-refractivity contribution in [1.29, 1.82) is 0 Å². The number of hydrogen-bond donors (Lipinski definition) is 1. The van der Waals surface area contributed by atoms with Crippen LogP contribution in [0.5, 0.6) is 0 Å². The molecule has 0 saturated carbocycles. The number of halogens is 1. The van der Waals surface area contributed by atoms with E-state index in [1.54, 1.807) is 18.2 Å². The summed E-state index contributed by atoms with van der Waals surface area (Å²) in [7, 11) is 0. The highest BCUT2D eigenvalue weighted by Gasteiger charge is 2.16. The van der Waals surface area contributed by atoms with Gasteiger partial charge in [-0.05, 0) is 18.6 Å². The number of carbonyl (C=O) groups excluding carboxylic acids is 1. The molecule has 0 spiro atoms. The van der Waals surface area contributed by atoms with Crippen LogP contribution in [0.4, 0.5) is 4.39 Å². The molecule has 1 aromatic carbocycles. The van der Waals surface area contributed by atoms with Gasteiger partial charge in [0.1, 0.15) is 0 Å². The van der Waals surface area contributed by atoms with E-state index in [-0.39, 0.29) is 29.6 Å². The molecular weight excluding hydrogens is 233 g/mol. The predicted molar refractivity (Wildman–Crippen MR) is 68.0 cm³/mol. The number of furan rings is 1. The first kappa shape index (κ1) is 12.8. The molecule has 0 radical (unpaired) electrons. The smallest absolute Gasteiger partial charge is 0.199 e. The average molecular weight is 249 g/mol. The molecule has 0 aliphatic carbocycles. The van der Waals surface area contributed by atoms with Crippen LogP contribution in [0.1, 0.15) is 36.7 Å². The Morgan fingerprint density at radius 2 is 2.28 bits per heavy atom. The van der Waals surface area contributed by atoms with Crippen LogP contribution in [-0.2, 0) is 0 Å². The second kappa shape index (κ2) is 5.31. The highest BCUT2D eigenvalue weighted by atomic mass is 19.1. The van der Waals surface area contributed by atoms with Crippen LogP contribution < -0.4 is 5.73 Å². The molecule has 0 amide bonds. The lowest BCUT2D eigenvalue weighted by Gasteiger charge is -2.07. The van der Waals surface area contributed by atoms with Gasteiger partial charge < -0.3 is 10.2 Å². The van der Waals surface area contributed by atoms with Crippen molar-refractivity contribution in [2.45, 2.75) is 32.2 Å². The molecule has 1 aromatic heterocycles. The number of para-hydroxylation sites is 1. The number of rotatable bonds is 5. The van der Waals surface area contributed by atoms with Gasteiger partial charge in [-0.2, -0.15) is 0 Å². The molecule has 18 heavy (non-hydrogen) atoms. The Hall–Kier alpha value is -1.68. The highest BCUT2D eigenvalue weighted by molar-refractivity contribution is 5.97. The fourth-order valence-electron chi connectivity index (χ4n) is 1.98. The second-order valence-electron chi connectivity index (χ2n) is 4.44. The third-order valence-corrected chi connectivity index (χ3v) is 2.88. The minimum atomic E-state index is -0.454. The van der Waals surface area contributed by atoms with Gasteiger partial charge in [-0.25, -0.2) is 4.39 Å². The fraction of sp³-hybridized carbons (Fsp3) is 0.357. The third-order valence-electron chi connectivity index (χ3n) is 2.88. The highest BCUT2D eigenvalue weighted by Crippen LogP contribution is 2.23. The average Bonchev–Trinajstić information content (AvgIpc) is 2.74.